The fourth-order valence-electron chi connectivity index (χ4n) is 1.96. The van der Waals surface area contributed by atoms with Crippen molar-refractivity contribution in [3.8, 4) is 0 Å². The van der Waals surface area contributed by atoms with E-state index >= 15 is 0 Å². The Kier molecular flexibility index (Phi) is 4.24. The second kappa shape index (κ2) is 4.97. The molecule has 0 amide bonds. The van der Waals surface area contributed by atoms with Gasteiger partial charge in [0, 0.05) is 5.69 Å². The second-order valence-corrected chi connectivity index (χ2v) is 6.75. The second-order valence-electron chi connectivity index (χ2n) is 6.35. The number of rotatable bonds is 2. The highest BCUT2D eigenvalue weighted by molar-refractivity contribution is 6.31. The van der Waals surface area contributed by atoms with Gasteiger partial charge in [-0.25, -0.2) is 0 Å². The van der Waals surface area contributed by atoms with Crippen LogP contribution in [-0.4, -0.2) is 4.98 Å². The largest absolute Gasteiger partial charge is 0.255 e. The predicted octanol–water partition coefficient (Wildman–Crippen LogP) is 5.28. The maximum Gasteiger partial charge on any atom is 0.0627 e. The van der Waals surface area contributed by atoms with Crippen molar-refractivity contribution in [2.24, 2.45) is 0 Å². The van der Waals surface area contributed by atoms with Crippen LogP contribution < -0.4 is 0 Å². The average molecular weight is 254 g/mol. The normalized spacial score (nSPS) is 12.6. The summed E-state index contributed by atoms with van der Waals surface area (Å²) in [6, 6.07) is 2.11. The van der Waals surface area contributed by atoms with E-state index in [0.717, 1.165) is 10.7 Å². The van der Waals surface area contributed by atoms with E-state index in [-0.39, 0.29) is 5.41 Å². The lowest BCUT2D eigenvalue weighted by molar-refractivity contribution is 0.567. The molecule has 0 atom stereocenters. The summed E-state index contributed by atoms with van der Waals surface area (Å²) in [5.41, 5.74) is 3.56. The summed E-state index contributed by atoms with van der Waals surface area (Å²) in [6.45, 7) is 15.3. The van der Waals surface area contributed by atoms with Gasteiger partial charge >= 0.3 is 0 Å². The van der Waals surface area contributed by atoms with Crippen molar-refractivity contribution in [1.82, 2.24) is 4.98 Å². The van der Waals surface area contributed by atoms with E-state index in [4.69, 9.17) is 16.6 Å². The Morgan fingerprint density at radius 1 is 1.00 bits per heavy atom. The summed E-state index contributed by atoms with van der Waals surface area (Å²) in [5, 5.41) is 0.800. The standard InChI is InChI=1S/C15H24ClN/c1-9(2)13-11(15(5,6)7)8-12(16)14(17-13)10(3)4/h8-10H,1-7H3. The van der Waals surface area contributed by atoms with E-state index in [1.165, 1.54) is 11.3 Å². The number of halogens is 1. The van der Waals surface area contributed by atoms with Crippen LogP contribution in [0.25, 0.3) is 0 Å². The molecule has 0 fully saturated rings. The predicted molar refractivity (Wildman–Crippen MR) is 76.1 cm³/mol. The fraction of sp³-hybridized carbons (Fsp3) is 0.667. The summed E-state index contributed by atoms with van der Waals surface area (Å²) in [7, 11) is 0. The SMILES string of the molecule is CC(C)c1nc(C(C)C)c(C(C)(C)C)cc1Cl. The summed E-state index contributed by atoms with van der Waals surface area (Å²) in [4.78, 5) is 4.81. The fourth-order valence-corrected chi connectivity index (χ4v) is 2.33. The molecule has 17 heavy (non-hydrogen) atoms. The number of hydrogen-bond donors (Lipinski definition) is 0. The molecule has 0 N–H and O–H groups in total. The first-order valence-corrected chi connectivity index (χ1v) is 6.73. The molecule has 1 aromatic heterocycles. The zero-order valence-corrected chi connectivity index (χ0v) is 12.8. The Balaban J connectivity index is 3.47. The minimum absolute atomic E-state index is 0.0890. The molecule has 1 rings (SSSR count). The van der Waals surface area contributed by atoms with Crippen molar-refractivity contribution in [2.45, 2.75) is 65.7 Å². The number of hydrogen-bond acceptors (Lipinski definition) is 1. The maximum absolute atomic E-state index is 6.34. The first kappa shape index (κ1) is 14.5. The van der Waals surface area contributed by atoms with Gasteiger partial charge in [-0.3, -0.25) is 4.98 Å². The van der Waals surface area contributed by atoms with Crippen molar-refractivity contribution in [3.63, 3.8) is 0 Å². The van der Waals surface area contributed by atoms with E-state index in [1.54, 1.807) is 0 Å². The molecule has 2 heteroatoms. The molecule has 1 nitrogen and oxygen atoms in total. The summed E-state index contributed by atoms with van der Waals surface area (Å²) in [6.07, 6.45) is 0. The van der Waals surface area contributed by atoms with Crippen LogP contribution in [-0.2, 0) is 5.41 Å². The van der Waals surface area contributed by atoms with Crippen LogP contribution in [0.2, 0.25) is 5.02 Å². The summed E-state index contributed by atoms with van der Waals surface area (Å²) >= 11 is 6.34. The number of aromatic nitrogens is 1. The number of nitrogens with zero attached hydrogens (tertiary/aromatic N) is 1. The molecule has 1 heterocycles. The molecule has 0 saturated carbocycles. The van der Waals surface area contributed by atoms with Crippen molar-refractivity contribution >= 4 is 11.6 Å². The van der Waals surface area contributed by atoms with Crippen LogP contribution in [0, 0.1) is 0 Å². The first-order valence-electron chi connectivity index (χ1n) is 6.35. The Labute approximate surface area is 111 Å². The third kappa shape index (κ3) is 3.22. The van der Waals surface area contributed by atoms with E-state index in [9.17, 15) is 0 Å². The quantitative estimate of drug-likeness (QED) is 0.699. The maximum atomic E-state index is 6.34. The van der Waals surface area contributed by atoms with Crippen LogP contribution in [0.4, 0.5) is 0 Å². The Hall–Kier alpha value is -0.560. The smallest absolute Gasteiger partial charge is 0.0627 e. The van der Waals surface area contributed by atoms with Crippen molar-refractivity contribution < 1.29 is 0 Å². The molecule has 0 bridgehead atoms. The third-order valence-electron chi connectivity index (χ3n) is 2.93. The van der Waals surface area contributed by atoms with Gasteiger partial charge in [0.25, 0.3) is 0 Å². The van der Waals surface area contributed by atoms with Gasteiger partial charge in [-0.05, 0) is 28.9 Å². The molecule has 0 aromatic carbocycles. The van der Waals surface area contributed by atoms with E-state index in [2.05, 4.69) is 54.5 Å². The van der Waals surface area contributed by atoms with Gasteiger partial charge in [-0.15, -0.1) is 0 Å². The zero-order valence-electron chi connectivity index (χ0n) is 12.1. The lowest BCUT2D eigenvalue weighted by Crippen LogP contribution is -2.17. The molecular weight excluding hydrogens is 230 g/mol. The minimum atomic E-state index is 0.0890. The van der Waals surface area contributed by atoms with Crippen molar-refractivity contribution in [2.75, 3.05) is 0 Å². The van der Waals surface area contributed by atoms with Crippen molar-refractivity contribution in [1.29, 1.82) is 0 Å². The molecule has 0 saturated heterocycles. The Bertz CT molecular complexity index is 400. The zero-order chi connectivity index (χ0) is 13.4. The highest BCUT2D eigenvalue weighted by atomic mass is 35.5. The van der Waals surface area contributed by atoms with Gasteiger partial charge in [-0.2, -0.15) is 0 Å². The van der Waals surface area contributed by atoms with Gasteiger partial charge in [0.2, 0.25) is 0 Å². The molecular formula is C15H24ClN. The molecule has 0 unspecified atom stereocenters. The highest BCUT2D eigenvalue weighted by Gasteiger charge is 2.23. The van der Waals surface area contributed by atoms with Crippen LogP contribution in [0.15, 0.2) is 6.07 Å². The van der Waals surface area contributed by atoms with E-state index in [0.29, 0.717) is 11.8 Å². The number of pyridine rings is 1. The van der Waals surface area contributed by atoms with Crippen LogP contribution in [0.5, 0.6) is 0 Å². The van der Waals surface area contributed by atoms with Gasteiger partial charge in [0.1, 0.15) is 0 Å². The molecule has 0 radical (unpaired) electrons. The molecule has 0 aliphatic rings. The average Bonchev–Trinajstić information content (AvgIpc) is 2.14. The van der Waals surface area contributed by atoms with Crippen LogP contribution in [0.3, 0.4) is 0 Å². The lowest BCUT2D eigenvalue weighted by Gasteiger charge is -2.25. The van der Waals surface area contributed by atoms with Crippen molar-refractivity contribution in [3.05, 3.63) is 28.0 Å². The van der Waals surface area contributed by atoms with Gasteiger partial charge in [-0.1, -0.05) is 60.1 Å². The highest BCUT2D eigenvalue weighted by Crippen LogP contribution is 2.34. The summed E-state index contributed by atoms with van der Waals surface area (Å²) < 4.78 is 0. The van der Waals surface area contributed by atoms with Gasteiger partial charge in [0.05, 0.1) is 10.7 Å². The van der Waals surface area contributed by atoms with Gasteiger partial charge in [0.15, 0.2) is 0 Å². The first-order chi connectivity index (χ1) is 7.64. The van der Waals surface area contributed by atoms with Gasteiger partial charge < -0.3 is 0 Å². The molecule has 0 aliphatic carbocycles. The Morgan fingerprint density at radius 2 is 1.47 bits per heavy atom. The molecule has 0 aliphatic heterocycles. The lowest BCUT2D eigenvalue weighted by atomic mass is 9.83. The summed E-state index contributed by atoms with van der Waals surface area (Å²) in [5.74, 6) is 0.799. The Morgan fingerprint density at radius 3 is 1.82 bits per heavy atom. The van der Waals surface area contributed by atoms with Crippen LogP contribution in [0.1, 0.15) is 77.3 Å². The van der Waals surface area contributed by atoms with E-state index < -0.39 is 0 Å². The van der Waals surface area contributed by atoms with E-state index in [1.807, 2.05) is 0 Å². The van der Waals surface area contributed by atoms with Crippen LogP contribution >= 0.6 is 11.6 Å². The molecule has 96 valence electrons. The topological polar surface area (TPSA) is 12.9 Å². The third-order valence-corrected chi connectivity index (χ3v) is 3.24. The molecule has 0 spiro atoms. The monoisotopic (exact) mass is 253 g/mol. The molecule has 1 aromatic rings. The minimum Gasteiger partial charge on any atom is -0.255 e.